The van der Waals surface area contributed by atoms with Crippen molar-refractivity contribution in [2.24, 2.45) is 0 Å². The minimum Gasteiger partial charge on any atom is -0.392 e. The summed E-state index contributed by atoms with van der Waals surface area (Å²) in [6.07, 6.45) is 0.0830. The number of amides is 1. The van der Waals surface area contributed by atoms with E-state index in [2.05, 4.69) is 22.7 Å². The predicted molar refractivity (Wildman–Crippen MR) is 71.9 cm³/mol. The van der Waals surface area contributed by atoms with Gasteiger partial charge in [0.25, 0.3) is 0 Å². The Hall–Kier alpha value is -1.40. The van der Waals surface area contributed by atoms with Gasteiger partial charge in [0.1, 0.15) is 0 Å². The van der Waals surface area contributed by atoms with E-state index in [0.29, 0.717) is 26.1 Å². The highest BCUT2D eigenvalue weighted by molar-refractivity contribution is 5.82. The summed E-state index contributed by atoms with van der Waals surface area (Å²) in [5, 5.41) is 19.7. The molecule has 1 aliphatic heterocycles. The zero-order valence-electron chi connectivity index (χ0n) is 11.7. The summed E-state index contributed by atoms with van der Waals surface area (Å²) >= 11 is 0. The second kappa shape index (κ2) is 5.71. The molecule has 6 nitrogen and oxygen atoms in total. The van der Waals surface area contributed by atoms with Gasteiger partial charge < -0.3 is 15.7 Å². The second-order valence-corrected chi connectivity index (χ2v) is 5.16. The molecule has 1 aliphatic rings. The average molecular weight is 266 g/mol. The molecular weight excluding hydrogens is 244 g/mol. The van der Waals surface area contributed by atoms with Gasteiger partial charge in [-0.05, 0) is 32.8 Å². The van der Waals surface area contributed by atoms with Crippen molar-refractivity contribution >= 4 is 5.91 Å². The number of nitrogens with one attached hydrogen (secondary N) is 2. The predicted octanol–water partition coefficient (Wildman–Crippen LogP) is -0.353. The summed E-state index contributed by atoms with van der Waals surface area (Å²) in [7, 11) is 0. The summed E-state index contributed by atoms with van der Waals surface area (Å²) in [6, 6.07) is -0.266. The molecule has 0 unspecified atom stereocenters. The summed E-state index contributed by atoms with van der Waals surface area (Å²) < 4.78 is 1.92. The van der Waals surface area contributed by atoms with E-state index in [-0.39, 0.29) is 11.9 Å². The number of hydrogen-bond donors (Lipinski definition) is 3. The number of β-amino-alcohol motifs (C(OH)–C–C–N with tert-alkyl or cyclic N) is 1. The van der Waals surface area contributed by atoms with Crippen LogP contribution in [0.4, 0.5) is 0 Å². The fourth-order valence-corrected chi connectivity index (χ4v) is 2.33. The van der Waals surface area contributed by atoms with Crippen LogP contribution in [-0.4, -0.2) is 46.0 Å². The van der Waals surface area contributed by atoms with Gasteiger partial charge in [-0.1, -0.05) is 0 Å². The van der Waals surface area contributed by atoms with Crippen molar-refractivity contribution in [3.05, 3.63) is 17.0 Å². The van der Waals surface area contributed by atoms with Crippen molar-refractivity contribution in [2.75, 3.05) is 13.1 Å². The molecule has 2 rings (SSSR count). The minimum absolute atomic E-state index is 0.0465. The zero-order chi connectivity index (χ0) is 14.0. The van der Waals surface area contributed by atoms with Crippen LogP contribution in [-0.2, 0) is 11.3 Å². The highest BCUT2D eigenvalue weighted by Gasteiger charge is 2.27. The second-order valence-electron chi connectivity index (χ2n) is 5.16. The molecule has 2 atom stereocenters. The summed E-state index contributed by atoms with van der Waals surface area (Å²) in [6.45, 7) is 7.79. The van der Waals surface area contributed by atoms with Crippen molar-refractivity contribution in [1.29, 1.82) is 0 Å². The first-order valence-electron chi connectivity index (χ1n) is 6.68. The Morgan fingerprint density at radius 2 is 2.26 bits per heavy atom. The smallest absolute Gasteiger partial charge is 0.237 e. The van der Waals surface area contributed by atoms with Crippen molar-refractivity contribution in [2.45, 2.75) is 45.9 Å². The highest BCUT2D eigenvalue weighted by atomic mass is 16.3. The third kappa shape index (κ3) is 3.13. The van der Waals surface area contributed by atoms with Gasteiger partial charge >= 0.3 is 0 Å². The van der Waals surface area contributed by atoms with E-state index in [1.54, 1.807) is 0 Å². The monoisotopic (exact) mass is 266 g/mol. The normalized spacial score (nSPS) is 22.7. The van der Waals surface area contributed by atoms with Gasteiger partial charge in [-0.15, -0.1) is 0 Å². The summed E-state index contributed by atoms with van der Waals surface area (Å²) in [5.74, 6) is -0.0465. The van der Waals surface area contributed by atoms with E-state index in [4.69, 9.17) is 0 Å². The number of aliphatic hydroxyl groups is 1. The van der Waals surface area contributed by atoms with Crippen molar-refractivity contribution < 1.29 is 9.90 Å². The fraction of sp³-hybridized carbons (Fsp3) is 0.692. The lowest BCUT2D eigenvalue weighted by Crippen LogP contribution is -2.41. The Labute approximate surface area is 113 Å². The van der Waals surface area contributed by atoms with Crippen LogP contribution in [0.5, 0.6) is 0 Å². The Bertz CT molecular complexity index is 469. The average Bonchev–Trinajstić information content (AvgIpc) is 2.90. The van der Waals surface area contributed by atoms with Gasteiger partial charge in [0.05, 0.1) is 24.4 Å². The van der Waals surface area contributed by atoms with E-state index in [1.807, 2.05) is 18.5 Å². The first-order valence-corrected chi connectivity index (χ1v) is 6.68. The number of rotatable bonds is 4. The van der Waals surface area contributed by atoms with Crippen LogP contribution >= 0.6 is 0 Å². The van der Waals surface area contributed by atoms with Gasteiger partial charge in [-0.25, -0.2) is 0 Å². The first kappa shape index (κ1) is 14.0. The lowest BCUT2D eigenvalue weighted by molar-refractivity contribution is -0.122. The van der Waals surface area contributed by atoms with Crippen molar-refractivity contribution in [1.82, 2.24) is 20.4 Å². The molecule has 1 fully saturated rings. The van der Waals surface area contributed by atoms with Gasteiger partial charge in [-0.3, -0.25) is 9.48 Å². The first-order chi connectivity index (χ1) is 8.99. The molecule has 19 heavy (non-hydrogen) atoms. The molecule has 2 heterocycles. The number of aliphatic hydroxyl groups excluding tert-OH is 1. The molecule has 3 N–H and O–H groups in total. The quantitative estimate of drug-likeness (QED) is 0.696. The minimum atomic E-state index is -0.408. The number of aromatic nitrogens is 2. The highest BCUT2D eigenvalue weighted by Crippen LogP contribution is 2.10. The number of carbonyl (C=O) groups excluding carboxylic acids is 1. The van der Waals surface area contributed by atoms with Crippen LogP contribution in [0.15, 0.2) is 0 Å². The number of carbonyl (C=O) groups is 1. The Kier molecular flexibility index (Phi) is 4.21. The lowest BCUT2D eigenvalue weighted by atomic mass is 10.2. The van der Waals surface area contributed by atoms with E-state index in [1.165, 1.54) is 5.56 Å². The SMILES string of the molecule is Cc1nn(CCNC(=O)[C@@H]2C[C@@H](O)CN2)c(C)c1C. The molecule has 0 saturated carbocycles. The topological polar surface area (TPSA) is 79.2 Å². The maximum absolute atomic E-state index is 11.8. The molecule has 1 aromatic heterocycles. The molecule has 6 heteroatoms. The Morgan fingerprint density at radius 1 is 1.53 bits per heavy atom. The van der Waals surface area contributed by atoms with E-state index in [0.717, 1.165) is 11.4 Å². The van der Waals surface area contributed by atoms with Crippen LogP contribution in [0.2, 0.25) is 0 Å². The largest absolute Gasteiger partial charge is 0.392 e. The van der Waals surface area contributed by atoms with E-state index < -0.39 is 6.10 Å². The third-order valence-corrected chi connectivity index (χ3v) is 3.79. The van der Waals surface area contributed by atoms with Crippen LogP contribution < -0.4 is 10.6 Å². The van der Waals surface area contributed by atoms with Gasteiger partial charge in [0, 0.05) is 18.8 Å². The van der Waals surface area contributed by atoms with Crippen molar-refractivity contribution in [3.63, 3.8) is 0 Å². The molecule has 1 aromatic rings. The van der Waals surface area contributed by atoms with Crippen LogP contribution in [0.1, 0.15) is 23.4 Å². The van der Waals surface area contributed by atoms with Gasteiger partial charge in [0.2, 0.25) is 5.91 Å². The molecule has 1 saturated heterocycles. The molecule has 0 aromatic carbocycles. The number of hydrogen-bond acceptors (Lipinski definition) is 4. The standard InChI is InChI=1S/C13H22N4O2/c1-8-9(2)16-17(10(8)3)5-4-14-13(19)12-6-11(18)7-15-12/h11-12,15,18H,4-7H2,1-3H3,(H,14,19)/t11-,12+/m1/s1. The molecule has 1 amide bonds. The number of nitrogens with zero attached hydrogens (tertiary/aromatic N) is 2. The van der Waals surface area contributed by atoms with Crippen molar-refractivity contribution in [3.8, 4) is 0 Å². The van der Waals surface area contributed by atoms with Gasteiger partial charge in [0.15, 0.2) is 0 Å². The summed E-state index contributed by atoms with van der Waals surface area (Å²) in [5.41, 5.74) is 3.37. The Balaban J connectivity index is 1.80. The summed E-state index contributed by atoms with van der Waals surface area (Å²) in [4.78, 5) is 11.8. The molecule has 0 aliphatic carbocycles. The molecule has 0 bridgehead atoms. The molecule has 0 spiro atoms. The molecule has 106 valence electrons. The molecular formula is C13H22N4O2. The fourth-order valence-electron chi connectivity index (χ4n) is 2.33. The van der Waals surface area contributed by atoms with E-state index >= 15 is 0 Å². The van der Waals surface area contributed by atoms with Gasteiger partial charge in [-0.2, -0.15) is 5.10 Å². The van der Waals surface area contributed by atoms with Crippen LogP contribution in [0.25, 0.3) is 0 Å². The zero-order valence-corrected chi connectivity index (χ0v) is 11.7. The maximum atomic E-state index is 11.8. The van der Waals surface area contributed by atoms with Crippen LogP contribution in [0.3, 0.4) is 0 Å². The lowest BCUT2D eigenvalue weighted by Gasteiger charge is -2.11. The third-order valence-electron chi connectivity index (χ3n) is 3.79. The Morgan fingerprint density at radius 3 is 2.79 bits per heavy atom. The number of aryl methyl sites for hydroxylation is 1. The maximum Gasteiger partial charge on any atom is 0.237 e. The van der Waals surface area contributed by atoms with E-state index in [9.17, 15) is 9.90 Å². The van der Waals surface area contributed by atoms with Crippen LogP contribution in [0, 0.1) is 20.8 Å². The molecule has 0 radical (unpaired) electrons.